The van der Waals surface area contributed by atoms with Crippen LogP contribution in [0.4, 0.5) is 5.69 Å². The third-order valence-electron chi connectivity index (χ3n) is 4.09. The predicted molar refractivity (Wildman–Crippen MR) is 104 cm³/mol. The van der Waals surface area contributed by atoms with E-state index >= 15 is 0 Å². The van der Waals surface area contributed by atoms with Crippen molar-refractivity contribution >= 4 is 23.2 Å². The second kappa shape index (κ2) is 7.54. The van der Waals surface area contributed by atoms with Gasteiger partial charge in [-0.3, -0.25) is 9.59 Å². The summed E-state index contributed by atoms with van der Waals surface area (Å²) in [5, 5.41) is 3.48. The van der Waals surface area contributed by atoms with Crippen LogP contribution in [0.25, 0.3) is 11.4 Å². The van der Waals surface area contributed by atoms with E-state index in [9.17, 15) is 9.59 Å². The summed E-state index contributed by atoms with van der Waals surface area (Å²) in [7, 11) is 0. The van der Waals surface area contributed by atoms with Gasteiger partial charge in [-0.05, 0) is 49.2 Å². The van der Waals surface area contributed by atoms with Crippen molar-refractivity contribution in [3.05, 3.63) is 80.7 Å². The molecule has 0 saturated heterocycles. The molecule has 3 aromatic rings. The molecule has 6 heteroatoms. The van der Waals surface area contributed by atoms with Gasteiger partial charge in [0.2, 0.25) is 5.91 Å². The first kappa shape index (κ1) is 17.9. The van der Waals surface area contributed by atoms with Crippen molar-refractivity contribution in [1.82, 2.24) is 9.97 Å². The average molecular weight is 368 g/mol. The molecule has 0 unspecified atom stereocenters. The number of aromatic amines is 1. The summed E-state index contributed by atoms with van der Waals surface area (Å²) in [4.78, 5) is 31.6. The third kappa shape index (κ3) is 4.00. The van der Waals surface area contributed by atoms with Gasteiger partial charge < -0.3 is 10.3 Å². The molecule has 0 aliphatic rings. The molecule has 0 aliphatic heterocycles. The number of aromatic nitrogens is 2. The number of aryl methyl sites for hydroxylation is 2. The fraction of sp³-hybridized carbons (Fsp3) is 0.150. The van der Waals surface area contributed by atoms with Gasteiger partial charge in [-0.2, -0.15) is 0 Å². The van der Waals surface area contributed by atoms with Crippen molar-refractivity contribution in [2.24, 2.45) is 0 Å². The fourth-order valence-electron chi connectivity index (χ4n) is 2.67. The lowest BCUT2D eigenvalue weighted by atomic mass is 10.1. The van der Waals surface area contributed by atoms with Crippen LogP contribution >= 0.6 is 11.6 Å². The van der Waals surface area contributed by atoms with Gasteiger partial charge in [0, 0.05) is 28.0 Å². The lowest BCUT2D eigenvalue weighted by molar-refractivity contribution is -0.115. The van der Waals surface area contributed by atoms with Crippen molar-refractivity contribution in [1.29, 1.82) is 0 Å². The number of halogens is 1. The Labute approximate surface area is 156 Å². The Bertz CT molecular complexity index is 990. The van der Waals surface area contributed by atoms with Crippen molar-refractivity contribution in [2.45, 2.75) is 20.3 Å². The van der Waals surface area contributed by atoms with Gasteiger partial charge in [-0.15, -0.1) is 0 Å². The molecular weight excluding hydrogens is 350 g/mol. The SMILES string of the molecule is Cc1cccc(C)c1NC(=O)Cc1cnc(-c2ccc(Cl)cc2)[nH]c1=O. The zero-order valence-corrected chi connectivity index (χ0v) is 15.2. The normalized spacial score (nSPS) is 10.6. The molecule has 3 rings (SSSR count). The van der Waals surface area contributed by atoms with Crippen molar-refractivity contribution < 1.29 is 4.79 Å². The molecule has 26 heavy (non-hydrogen) atoms. The number of rotatable bonds is 4. The molecule has 1 heterocycles. The molecule has 5 nitrogen and oxygen atoms in total. The number of hydrogen-bond acceptors (Lipinski definition) is 3. The Balaban J connectivity index is 1.77. The van der Waals surface area contributed by atoms with Crippen LogP contribution in [0.5, 0.6) is 0 Å². The second-order valence-corrected chi connectivity index (χ2v) is 6.52. The second-order valence-electron chi connectivity index (χ2n) is 6.08. The van der Waals surface area contributed by atoms with E-state index in [1.54, 1.807) is 24.3 Å². The molecule has 1 amide bonds. The maximum atomic E-state index is 12.3. The predicted octanol–water partition coefficient (Wildman–Crippen LogP) is 3.89. The van der Waals surface area contributed by atoms with E-state index in [1.165, 1.54) is 6.20 Å². The van der Waals surface area contributed by atoms with Gasteiger partial charge in [-0.1, -0.05) is 29.8 Å². The summed E-state index contributed by atoms with van der Waals surface area (Å²) >= 11 is 5.86. The topological polar surface area (TPSA) is 74.8 Å². The third-order valence-corrected chi connectivity index (χ3v) is 4.34. The number of amides is 1. The van der Waals surface area contributed by atoms with Crippen LogP contribution < -0.4 is 10.9 Å². The van der Waals surface area contributed by atoms with Crippen LogP contribution in [0.1, 0.15) is 16.7 Å². The van der Waals surface area contributed by atoms with Crippen LogP contribution in [-0.2, 0) is 11.2 Å². The maximum absolute atomic E-state index is 12.3. The van der Waals surface area contributed by atoms with E-state index in [-0.39, 0.29) is 17.9 Å². The summed E-state index contributed by atoms with van der Waals surface area (Å²) in [6.07, 6.45) is 1.39. The number of hydrogen-bond donors (Lipinski definition) is 2. The minimum absolute atomic E-state index is 0.0446. The quantitative estimate of drug-likeness (QED) is 0.734. The number of carbonyl (C=O) groups excluding carboxylic acids is 1. The first-order valence-corrected chi connectivity index (χ1v) is 8.52. The molecule has 0 saturated carbocycles. The summed E-state index contributed by atoms with van der Waals surface area (Å²) in [5.41, 5.74) is 3.46. The van der Waals surface area contributed by atoms with Crippen LogP contribution in [0.3, 0.4) is 0 Å². The molecule has 2 aromatic carbocycles. The van der Waals surface area contributed by atoms with Crippen LogP contribution in [-0.4, -0.2) is 15.9 Å². The summed E-state index contributed by atoms with van der Waals surface area (Å²) < 4.78 is 0. The maximum Gasteiger partial charge on any atom is 0.254 e. The largest absolute Gasteiger partial charge is 0.325 e. The van der Waals surface area contributed by atoms with E-state index in [0.29, 0.717) is 16.4 Å². The van der Waals surface area contributed by atoms with Crippen molar-refractivity contribution in [3.63, 3.8) is 0 Å². The molecule has 0 spiro atoms. The van der Waals surface area contributed by atoms with E-state index in [4.69, 9.17) is 11.6 Å². The number of carbonyl (C=O) groups is 1. The summed E-state index contributed by atoms with van der Waals surface area (Å²) in [6, 6.07) is 12.8. The molecule has 0 fully saturated rings. The minimum atomic E-state index is -0.332. The Hall–Kier alpha value is -2.92. The Morgan fingerprint density at radius 3 is 2.38 bits per heavy atom. The number of anilines is 1. The lowest BCUT2D eigenvalue weighted by Gasteiger charge is -2.11. The van der Waals surface area contributed by atoms with Gasteiger partial charge in [-0.25, -0.2) is 4.98 Å². The highest BCUT2D eigenvalue weighted by atomic mass is 35.5. The summed E-state index contributed by atoms with van der Waals surface area (Å²) in [5.74, 6) is 0.180. The molecule has 2 N–H and O–H groups in total. The molecule has 1 aromatic heterocycles. The zero-order valence-electron chi connectivity index (χ0n) is 14.5. The van der Waals surface area contributed by atoms with Crippen LogP contribution in [0.2, 0.25) is 5.02 Å². The van der Waals surface area contributed by atoms with Gasteiger partial charge in [0.15, 0.2) is 0 Å². The number of nitrogens with one attached hydrogen (secondary N) is 2. The molecular formula is C20H18ClN3O2. The molecule has 0 bridgehead atoms. The van der Waals surface area contributed by atoms with Gasteiger partial charge in [0.1, 0.15) is 5.82 Å². The Morgan fingerprint density at radius 2 is 1.77 bits per heavy atom. The fourth-order valence-corrected chi connectivity index (χ4v) is 2.80. The number of nitrogens with zero attached hydrogens (tertiary/aromatic N) is 1. The van der Waals surface area contributed by atoms with Gasteiger partial charge in [0.25, 0.3) is 5.56 Å². The van der Waals surface area contributed by atoms with Crippen molar-refractivity contribution in [2.75, 3.05) is 5.32 Å². The van der Waals surface area contributed by atoms with Crippen molar-refractivity contribution in [3.8, 4) is 11.4 Å². The average Bonchev–Trinajstić information content (AvgIpc) is 2.61. The molecule has 132 valence electrons. The first-order valence-electron chi connectivity index (χ1n) is 8.14. The highest BCUT2D eigenvalue weighted by Crippen LogP contribution is 2.20. The molecule has 0 aliphatic carbocycles. The van der Waals surface area contributed by atoms with E-state index in [0.717, 1.165) is 22.4 Å². The minimum Gasteiger partial charge on any atom is -0.325 e. The van der Waals surface area contributed by atoms with E-state index < -0.39 is 0 Å². The number of H-pyrrole nitrogens is 1. The Morgan fingerprint density at radius 1 is 1.12 bits per heavy atom. The lowest BCUT2D eigenvalue weighted by Crippen LogP contribution is -2.22. The molecule has 0 atom stereocenters. The smallest absolute Gasteiger partial charge is 0.254 e. The first-order chi connectivity index (χ1) is 12.4. The van der Waals surface area contributed by atoms with Crippen LogP contribution in [0, 0.1) is 13.8 Å². The monoisotopic (exact) mass is 367 g/mol. The van der Waals surface area contributed by atoms with E-state index in [2.05, 4.69) is 15.3 Å². The van der Waals surface area contributed by atoms with Gasteiger partial charge >= 0.3 is 0 Å². The van der Waals surface area contributed by atoms with E-state index in [1.807, 2.05) is 32.0 Å². The zero-order chi connectivity index (χ0) is 18.7. The number of benzene rings is 2. The van der Waals surface area contributed by atoms with Crippen LogP contribution in [0.15, 0.2) is 53.5 Å². The highest BCUT2D eigenvalue weighted by Gasteiger charge is 2.12. The highest BCUT2D eigenvalue weighted by molar-refractivity contribution is 6.30. The molecule has 0 radical (unpaired) electrons. The number of para-hydroxylation sites is 1. The summed E-state index contributed by atoms with van der Waals surface area (Å²) in [6.45, 7) is 3.86. The van der Waals surface area contributed by atoms with Gasteiger partial charge in [0.05, 0.1) is 6.42 Å². The standard InChI is InChI=1S/C20H18ClN3O2/c1-12-4-3-5-13(2)18(12)23-17(25)10-15-11-22-19(24-20(15)26)14-6-8-16(21)9-7-14/h3-9,11H,10H2,1-2H3,(H,23,25)(H,22,24,26). The Kier molecular flexibility index (Phi) is 5.19.